The van der Waals surface area contributed by atoms with Gasteiger partial charge >= 0.3 is 0 Å². The summed E-state index contributed by atoms with van der Waals surface area (Å²) in [6, 6.07) is 8.39. The molecule has 0 spiro atoms. The third kappa shape index (κ3) is 3.22. The summed E-state index contributed by atoms with van der Waals surface area (Å²) in [6.45, 7) is 2.21. The Morgan fingerprint density at radius 3 is 2.66 bits per heavy atom. The van der Waals surface area contributed by atoms with Gasteiger partial charge < -0.3 is 14.9 Å². The number of ether oxygens (including phenoxy) is 1. The maximum Gasteiger partial charge on any atom is 0.156 e. The summed E-state index contributed by atoms with van der Waals surface area (Å²) < 4.78 is 5.40. The molecule has 0 radical (unpaired) electrons. The van der Waals surface area contributed by atoms with Gasteiger partial charge in [-0.1, -0.05) is 36.8 Å². The number of aliphatic hydroxyl groups is 2. The zero-order chi connectivity index (χ0) is 22.5. The van der Waals surface area contributed by atoms with Gasteiger partial charge in [0.2, 0.25) is 0 Å². The fraction of sp³-hybridized carbons (Fsp3) is 0.536. The summed E-state index contributed by atoms with van der Waals surface area (Å²) in [5.41, 5.74) is 4.30. The Labute approximate surface area is 190 Å². The van der Waals surface area contributed by atoms with E-state index in [4.69, 9.17) is 4.74 Å². The largest absolute Gasteiger partial charge is 0.497 e. The number of carbonyl (C=O) groups excluding carboxylic acids is 1. The Hall–Kier alpha value is -2.17. The topological polar surface area (TPSA) is 66.8 Å². The van der Waals surface area contributed by atoms with E-state index in [2.05, 4.69) is 19.1 Å². The Morgan fingerprint density at radius 2 is 1.94 bits per heavy atom. The Bertz CT molecular complexity index is 1000. The summed E-state index contributed by atoms with van der Waals surface area (Å²) in [5, 5.41) is 21.2. The van der Waals surface area contributed by atoms with E-state index in [1.807, 2.05) is 24.3 Å². The normalized spacial score (nSPS) is 36.6. The van der Waals surface area contributed by atoms with Crippen LogP contribution in [0.15, 0.2) is 59.2 Å². The van der Waals surface area contributed by atoms with E-state index in [1.54, 1.807) is 13.2 Å². The van der Waals surface area contributed by atoms with Crippen LogP contribution >= 0.6 is 0 Å². The van der Waals surface area contributed by atoms with Crippen molar-refractivity contribution in [2.24, 2.45) is 17.3 Å². The number of carbonyl (C=O) groups is 1. The number of benzene rings is 1. The highest BCUT2D eigenvalue weighted by Crippen LogP contribution is 2.67. The molecule has 0 amide bonds. The van der Waals surface area contributed by atoms with Crippen LogP contribution < -0.4 is 4.74 Å². The van der Waals surface area contributed by atoms with Crippen molar-refractivity contribution in [3.63, 3.8) is 0 Å². The minimum atomic E-state index is -0.903. The first kappa shape index (κ1) is 21.7. The zero-order valence-electron chi connectivity index (χ0n) is 19.1. The molecule has 32 heavy (non-hydrogen) atoms. The number of allylic oxidation sites excluding steroid dienone is 4. The van der Waals surface area contributed by atoms with E-state index < -0.39 is 5.60 Å². The van der Waals surface area contributed by atoms with Crippen molar-refractivity contribution in [3.8, 4) is 5.75 Å². The van der Waals surface area contributed by atoms with Crippen molar-refractivity contribution in [2.45, 2.75) is 63.4 Å². The number of ketones is 1. The molecule has 0 unspecified atom stereocenters. The van der Waals surface area contributed by atoms with Crippen molar-refractivity contribution < 1.29 is 19.7 Å². The molecular weight excluding hydrogens is 400 g/mol. The van der Waals surface area contributed by atoms with Crippen LogP contribution in [0.3, 0.4) is 0 Å². The highest BCUT2D eigenvalue weighted by molar-refractivity contribution is 5.93. The first-order valence-corrected chi connectivity index (χ1v) is 12.0. The van der Waals surface area contributed by atoms with Gasteiger partial charge in [-0.25, -0.2) is 0 Å². The highest BCUT2D eigenvalue weighted by Gasteiger charge is 2.61. The fourth-order valence-electron chi connectivity index (χ4n) is 7.36. The van der Waals surface area contributed by atoms with Crippen LogP contribution in [0.1, 0.15) is 63.4 Å². The molecule has 2 saturated carbocycles. The van der Waals surface area contributed by atoms with Crippen molar-refractivity contribution >= 4 is 5.78 Å². The molecule has 5 atom stereocenters. The number of rotatable bonds is 4. The maximum atomic E-state index is 12.1. The first-order valence-electron chi connectivity index (χ1n) is 12.0. The van der Waals surface area contributed by atoms with Crippen LogP contribution in [0.25, 0.3) is 0 Å². The second-order valence-electron chi connectivity index (χ2n) is 10.3. The lowest BCUT2D eigenvalue weighted by Crippen LogP contribution is -2.50. The van der Waals surface area contributed by atoms with Crippen LogP contribution in [0.5, 0.6) is 5.75 Å². The average Bonchev–Trinajstić information content (AvgIpc) is 3.07. The molecule has 0 bridgehead atoms. The SMILES string of the molecule is COc1ccc([C@H]2C[C@@]3(C)[C@@H](CC[C@@]3(O)/C=C/CO)[C@@H]3CCC4=CC(=O)CCC4=C32)cc1. The lowest BCUT2D eigenvalue weighted by molar-refractivity contribution is -0.114. The number of hydrogen-bond acceptors (Lipinski definition) is 4. The quantitative estimate of drug-likeness (QED) is 0.663. The Kier molecular flexibility index (Phi) is 5.42. The van der Waals surface area contributed by atoms with Crippen molar-refractivity contribution in [1.82, 2.24) is 0 Å². The van der Waals surface area contributed by atoms with Gasteiger partial charge in [-0.05, 0) is 85.3 Å². The van der Waals surface area contributed by atoms with Crippen molar-refractivity contribution in [3.05, 3.63) is 64.8 Å². The van der Waals surface area contributed by atoms with E-state index in [-0.39, 0.29) is 23.7 Å². The molecule has 4 aliphatic rings. The number of aliphatic hydroxyl groups excluding tert-OH is 1. The molecule has 0 heterocycles. The van der Waals surface area contributed by atoms with Crippen LogP contribution in [-0.2, 0) is 4.79 Å². The molecule has 0 saturated heterocycles. The van der Waals surface area contributed by atoms with Crippen LogP contribution in [-0.4, -0.2) is 35.3 Å². The number of fused-ring (bicyclic) bond motifs is 4. The molecule has 4 heteroatoms. The van der Waals surface area contributed by atoms with Gasteiger partial charge in [-0.2, -0.15) is 0 Å². The van der Waals surface area contributed by atoms with Gasteiger partial charge in [0.05, 0.1) is 19.3 Å². The summed E-state index contributed by atoms with van der Waals surface area (Å²) >= 11 is 0. The maximum absolute atomic E-state index is 12.1. The zero-order valence-corrected chi connectivity index (χ0v) is 19.1. The van der Waals surface area contributed by atoms with Crippen molar-refractivity contribution in [2.75, 3.05) is 13.7 Å². The number of methoxy groups -OCH3 is 1. The molecule has 4 aliphatic carbocycles. The Morgan fingerprint density at radius 1 is 1.16 bits per heavy atom. The molecule has 1 aromatic carbocycles. The minimum Gasteiger partial charge on any atom is -0.497 e. The molecule has 0 aromatic heterocycles. The summed E-state index contributed by atoms with van der Waals surface area (Å²) in [6.07, 6.45) is 11.5. The predicted octanol–water partition coefficient (Wildman–Crippen LogP) is 4.87. The molecule has 2 fully saturated rings. The second kappa shape index (κ2) is 8.00. The molecule has 170 valence electrons. The van der Waals surface area contributed by atoms with Gasteiger partial charge in [0.1, 0.15) is 5.75 Å². The van der Waals surface area contributed by atoms with Crippen LogP contribution in [0.2, 0.25) is 0 Å². The number of hydrogen-bond donors (Lipinski definition) is 2. The monoisotopic (exact) mass is 434 g/mol. The van der Waals surface area contributed by atoms with Crippen LogP contribution in [0, 0.1) is 17.3 Å². The lowest BCUT2D eigenvalue weighted by Gasteiger charge is -2.54. The van der Waals surface area contributed by atoms with Gasteiger partial charge in [-0.3, -0.25) is 4.79 Å². The standard InChI is InChI=1S/C28H34O4/c1-27-17-24(18-4-8-21(32-2)9-5-18)26-22-11-7-20(30)16-19(22)6-10-23(26)25(27)12-14-28(27,31)13-3-15-29/h3-5,8-9,13,16,23-25,29,31H,6-7,10-12,14-15,17H2,1-2H3/b13-3+/t23-,24+,25-,27-,28-/m0/s1. The van der Waals surface area contributed by atoms with Gasteiger partial charge in [-0.15, -0.1) is 0 Å². The van der Waals surface area contributed by atoms with E-state index in [0.717, 1.165) is 44.3 Å². The third-order valence-corrected chi connectivity index (χ3v) is 8.97. The first-order chi connectivity index (χ1) is 15.4. The van der Waals surface area contributed by atoms with Gasteiger partial charge in [0.25, 0.3) is 0 Å². The highest BCUT2D eigenvalue weighted by atomic mass is 16.5. The van der Waals surface area contributed by atoms with Crippen LogP contribution in [0.4, 0.5) is 0 Å². The smallest absolute Gasteiger partial charge is 0.156 e. The minimum absolute atomic E-state index is 0.0497. The van der Waals surface area contributed by atoms with E-state index in [0.29, 0.717) is 18.3 Å². The molecule has 1 aromatic rings. The van der Waals surface area contributed by atoms with E-state index in [1.165, 1.54) is 22.3 Å². The molecule has 4 nitrogen and oxygen atoms in total. The second-order valence-corrected chi connectivity index (χ2v) is 10.3. The third-order valence-electron chi connectivity index (χ3n) is 8.97. The fourth-order valence-corrected chi connectivity index (χ4v) is 7.36. The lowest BCUT2D eigenvalue weighted by atomic mass is 9.51. The summed E-state index contributed by atoms with van der Waals surface area (Å²) in [5.74, 6) is 2.16. The summed E-state index contributed by atoms with van der Waals surface area (Å²) in [4.78, 5) is 12.1. The summed E-state index contributed by atoms with van der Waals surface area (Å²) in [7, 11) is 1.69. The van der Waals surface area contributed by atoms with E-state index in [9.17, 15) is 15.0 Å². The predicted molar refractivity (Wildman–Crippen MR) is 124 cm³/mol. The van der Waals surface area contributed by atoms with Gasteiger partial charge in [0, 0.05) is 17.8 Å². The average molecular weight is 435 g/mol. The Balaban J connectivity index is 1.65. The molecule has 5 rings (SSSR count). The molecule has 2 N–H and O–H groups in total. The van der Waals surface area contributed by atoms with Crippen molar-refractivity contribution in [1.29, 1.82) is 0 Å². The molecular formula is C28H34O4. The van der Waals surface area contributed by atoms with Gasteiger partial charge in [0.15, 0.2) is 5.78 Å². The molecule has 0 aliphatic heterocycles. The van der Waals surface area contributed by atoms with E-state index >= 15 is 0 Å².